The SMILES string of the molecule is CCOC(C)CNCc1ccnc2ccccc12. The molecule has 2 aromatic rings. The molecular weight excluding hydrogens is 224 g/mol. The summed E-state index contributed by atoms with van der Waals surface area (Å²) in [7, 11) is 0. The van der Waals surface area contributed by atoms with Gasteiger partial charge < -0.3 is 10.1 Å². The molecule has 0 aliphatic heterocycles. The van der Waals surface area contributed by atoms with Crippen molar-refractivity contribution in [3.8, 4) is 0 Å². The molecule has 0 saturated carbocycles. The first-order valence-corrected chi connectivity index (χ1v) is 6.46. The highest BCUT2D eigenvalue weighted by Gasteiger charge is 2.03. The summed E-state index contributed by atoms with van der Waals surface area (Å²) in [6, 6.07) is 10.3. The second-order valence-corrected chi connectivity index (χ2v) is 4.38. The van der Waals surface area contributed by atoms with Crippen molar-refractivity contribution in [2.24, 2.45) is 0 Å². The van der Waals surface area contributed by atoms with Crippen molar-refractivity contribution >= 4 is 10.9 Å². The van der Waals surface area contributed by atoms with Gasteiger partial charge in [-0.2, -0.15) is 0 Å². The number of para-hydroxylation sites is 1. The number of fused-ring (bicyclic) bond motifs is 1. The third kappa shape index (κ3) is 3.28. The third-order valence-corrected chi connectivity index (χ3v) is 2.94. The number of ether oxygens (including phenoxy) is 1. The number of rotatable bonds is 6. The van der Waals surface area contributed by atoms with Crippen molar-refractivity contribution in [2.75, 3.05) is 13.2 Å². The largest absolute Gasteiger partial charge is 0.377 e. The van der Waals surface area contributed by atoms with Crippen molar-refractivity contribution in [3.05, 3.63) is 42.1 Å². The molecule has 1 N–H and O–H groups in total. The normalized spacial score (nSPS) is 12.8. The van der Waals surface area contributed by atoms with E-state index in [4.69, 9.17) is 4.74 Å². The zero-order chi connectivity index (χ0) is 12.8. The number of benzene rings is 1. The minimum Gasteiger partial charge on any atom is -0.377 e. The maximum absolute atomic E-state index is 5.49. The summed E-state index contributed by atoms with van der Waals surface area (Å²) in [5.74, 6) is 0. The molecular formula is C15H20N2O. The maximum atomic E-state index is 5.49. The molecule has 0 saturated heterocycles. The van der Waals surface area contributed by atoms with Gasteiger partial charge in [-0.1, -0.05) is 18.2 Å². The molecule has 1 atom stereocenters. The molecule has 0 fully saturated rings. The zero-order valence-electron chi connectivity index (χ0n) is 11.0. The summed E-state index contributed by atoms with van der Waals surface area (Å²) in [5.41, 5.74) is 2.33. The monoisotopic (exact) mass is 244 g/mol. The Kier molecular flexibility index (Phi) is 4.67. The number of nitrogens with zero attached hydrogens (tertiary/aromatic N) is 1. The van der Waals surface area contributed by atoms with Gasteiger partial charge in [0.15, 0.2) is 0 Å². The molecule has 1 aromatic carbocycles. The number of hydrogen-bond acceptors (Lipinski definition) is 3. The summed E-state index contributed by atoms with van der Waals surface area (Å²) < 4.78 is 5.49. The lowest BCUT2D eigenvalue weighted by Crippen LogP contribution is -2.26. The minimum absolute atomic E-state index is 0.253. The topological polar surface area (TPSA) is 34.1 Å². The van der Waals surface area contributed by atoms with Crippen molar-refractivity contribution in [2.45, 2.75) is 26.5 Å². The van der Waals surface area contributed by atoms with Gasteiger partial charge in [-0.15, -0.1) is 0 Å². The summed E-state index contributed by atoms with van der Waals surface area (Å²) in [5, 5.41) is 4.64. The second kappa shape index (κ2) is 6.47. The van der Waals surface area contributed by atoms with E-state index in [1.807, 2.05) is 25.3 Å². The van der Waals surface area contributed by atoms with E-state index in [9.17, 15) is 0 Å². The Labute approximate surface area is 108 Å². The lowest BCUT2D eigenvalue weighted by molar-refractivity contribution is 0.0759. The fourth-order valence-corrected chi connectivity index (χ4v) is 2.06. The van der Waals surface area contributed by atoms with Gasteiger partial charge in [-0.25, -0.2) is 0 Å². The molecule has 18 heavy (non-hydrogen) atoms. The van der Waals surface area contributed by atoms with Crippen molar-refractivity contribution in [1.29, 1.82) is 0 Å². The van der Waals surface area contributed by atoms with Crippen LogP contribution in [-0.2, 0) is 11.3 Å². The third-order valence-electron chi connectivity index (χ3n) is 2.94. The van der Waals surface area contributed by atoms with Gasteiger partial charge in [0.2, 0.25) is 0 Å². The molecule has 0 aliphatic carbocycles. The summed E-state index contributed by atoms with van der Waals surface area (Å²) in [6.07, 6.45) is 2.12. The van der Waals surface area contributed by atoms with Crippen molar-refractivity contribution < 1.29 is 4.74 Å². The highest BCUT2D eigenvalue weighted by molar-refractivity contribution is 5.81. The quantitative estimate of drug-likeness (QED) is 0.848. The predicted octanol–water partition coefficient (Wildman–Crippen LogP) is 2.75. The predicted molar refractivity (Wildman–Crippen MR) is 74.5 cm³/mol. The van der Waals surface area contributed by atoms with Crippen molar-refractivity contribution in [1.82, 2.24) is 10.3 Å². The van der Waals surface area contributed by atoms with Gasteiger partial charge >= 0.3 is 0 Å². The van der Waals surface area contributed by atoms with Gasteiger partial charge in [-0.3, -0.25) is 4.98 Å². The smallest absolute Gasteiger partial charge is 0.0705 e. The molecule has 0 amide bonds. The number of pyridine rings is 1. The van der Waals surface area contributed by atoms with E-state index >= 15 is 0 Å². The fourth-order valence-electron chi connectivity index (χ4n) is 2.06. The summed E-state index contributed by atoms with van der Waals surface area (Å²) in [4.78, 5) is 4.36. The molecule has 2 rings (SSSR count). The van der Waals surface area contributed by atoms with Crippen LogP contribution >= 0.6 is 0 Å². The van der Waals surface area contributed by atoms with Gasteiger partial charge in [-0.05, 0) is 31.5 Å². The van der Waals surface area contributed by atoms with Gasteiger partial charge in [0.25, 0.3) is 0 Å². The molecule has 0 aliphatic rings. The van der Waals surface area contributed by atoms with E-state index in [-0.39, 0.29) is 6.10 Å². The lowest BCUT2D eigenvalue weighted by atomic mass is 10.1. The average molecular weight is 244 g/mol. The average Bonchev–Trinajstić information content (AvgIpc) is 2.39. The van der Waals surface area contributed by atoms with Gasteiger partial charge in [0, 0.05) is 31.3 Å². The van der Waals surface area contributed by atoms with Crippen LogP contribution in [-0.4, -0.2) is 24.2 Å². The molecule has 1 heterocycles. The Morgan fingerprint density at radius 3 is 2.94 bits per heavy atom. The Bertz CT molecular complexity index is 493. The Hall–Kier alpha value is -1.45. The van der Waals surface area contributed by atoms with E-state index in [2.05, 4.69) is 35.4 Å². The van der Waals surface area contributed by atoms with E-state index in [0.29, 0.717) is 0 Å². The highest BCUT2D eigenvalue weighted by atomic mass is 16.5. The van der Waals surface area contributed by atoms with E-state index in [1.165, 1.54) is 10.9 Å². The van der Waals surface area contributed by atoms with Crippen molar-refractivity contribution in [3.63, 3.8) is 0 Å². The van der Waals surface area contributed by atoms with Crippen LogP contribution in [0.1, 0.15) is 19.4 Å². The highest BCUT2D eigenvalue weighted by Crippen LogP contribution is 2.15. The maximum Gasteiger partial charge on any atom is 0.0705 e. The first kappa shape index (κ1) is 13.0. The van der Waals surface area contributed by atoms with Crippen LogP contribution in [0.2, 0.25) is 0 Å². The first-order valence-electron chi connectivity index (χ1n) is 6.46. The Morgan fingerprint density at radius 1 is 1.28 bits per heavy atom. The number of aromatic nitrogens is 1. The molecule has 3 nitrogen and oxygen atoms in total. The molecule has 0 bridgehead atoms. The van der Waals surface area contributed by atoms with Crippen LogP contribution in [0.5, 0.6) is 0 Å². The number of hydrogen-bond donors (Lipinski definition) is 1. The first-order chi connectivity index (χ1) is 8.81. The zero-order valence-corrected chi connectivity index (χ0v) is 11.0. The van der Waals surface area contributed by atoms with Crippen LogP contribution in [0, 0.1) is 0 Å². The molecule has 0 radical (unpaired) electrons. The van der Waals surface area contributed by atoms with Crippen LogP contribution in [0.25, 0.3) is 10.9 Å². The van der Waals surface area contributed by atoms with Gasteiger partial charge in [0.05, 0.1) is 11.6 Å². The molecule has 3 heteroatoms. The van der Waals surface area contributed by atoms with Crippen LogP contribution < -0.4 is 5.32 Å². The number of nitrogens with one attached hydrogen (secondary N) is 1. The fraction of sp³-hybridized carbons (Fsp3) is 0.400. The van der Waals surface area contributed by atoms with Crippen LogP contribution in [0.15, 0.2) is 36.5 Å². The molecule has 1 unspecified atom stereocenters. The van der Waals surface area contributed by atoms with Crippen LogP contribution in [0.4, 0.5) is 0 Å². The van der Waals surface area contributed by atoms with E-state index < -0.39 is 0 Å². The van der Waals surface area contributed by atoms with Gasteiger partial charge in [0.1, 0.15) is 0 Å². The Balaban J connectivity index is 1.99. The second-order valence-electron chi connectivity index (χ2n) is 4.38. The molecule has 1 aromatic heterocycles. The summed E-state index contributed by atoms with van der Waals surface area (Å²) >= 11 is 0. The van der Waals surface area contributed by atoms with E-state index in [0.717, 1.165) is 25.2 Å². The molecule has 96 valence electrons. The van der Waals surface area contributed by atoms with Crippen LogP contribution in [0.3, 0.4) is 0 Å². The minimum atomic E-state index is 0.253. The molecule has 0 spiro atoms. The summed E-state index contributed by atoms with van der Waals surface area (Å²) in [6.45, 7) is 6.58. The standard InChI is InChI=1S/C15H20N2O/c1-3-18-12(2)10-16-11-13-8-9-17-15-7-5-4-6-14(13)15/h4-9,12,16H,3,10-11H2,1-2H3. The lowest BCUT2D eigenvalue weighted by Gasteiger charge is -2.13. The Morgan fingerprint density at radius 2 is 2.11 bits per heavy atom. The van der Waals surface area contributed by atoms with E-state index in [1.54, 1.807) is 0 Å².